The highest BCUT2D eigenvalue weighted by Gasteiger charge is 2.28. The van der Waals surface area contributed by atoms with E-state index in [1.807, 2.05) is 0 Å². The lowest BCUT2D eigenvalue weighted by molar-refractivity contribution is 0.0769. The van der Waals surface area contributed by atoms with Crippen LogP contribution in [0.25, 0.3) is 0 Å². The Morgan fingerprint density at radius 1 is 1.29 bits per heavy atom. The van der Waals surface area contributed by atoms with Crippen molar-refractivity contribution in [2.45, 2.75) is 12.5 Å². The molecule has 2 aromatic rings. The van der Waals surface area contributed by atoms with Crippen LogP contribution in [0, 0.1) is 0 Å². The maximum absolute atomic E-state index is 12.4. The van der Waals surface area contributed by atoms with E-state index in [9.17, 15) is 4.79 Å². The Hall–Kier alpha value is -2.14. The molecule has 0 bridgehead atoms. The van der Waals surface area contributed by atoms with Gasteiger partial charge in [0.2, 0.25) is 0 Å². The van der Waals surface area contributed by atoms with E-state index >= 15 is 0 Å². The van der Waals surface area contributed by atoms with Crippen LogP contribution in [0.2, 0.25) is 5.02 Å². The van der Waals surface area contributed by atoms with Gasteiger partial charge in [0.1, 0.15) is 6.10 Å². The van der Waals surface area contributed by atoms with Crippen LogP contribution in [0.15, 0.2) is 42.7 Å². The molecule has 0 radical (unpaired) electrons. The van der Waals surface area contributed by atoms with Gasteiger partial charge in [-0.3, -0.25) is 4.79 Å². The SMILES string of the molecule is O=C(c1cccc(Cl)c1)N1CCC(Oc2ncccn2)C1. The van der Waals surface area contributed by atoms with Crippen LogP contribution in [0.4, 0.5) is 0 Å². The number of halogens is 1. The summed E-state index contributed by atoms with van der Waals surface area (Å²) in [6.45, 7) is 1.19. The highest BCUT2D eigenvalue weighted by Crippen LogP contribution is 2.19. The number of hydrogen-bond donors (Lipinski definition) is 0. The lowest BCUT2D eigenvalue weighted by Crippen LogP contribution is -2.31. The van der Waals surface area contributed by atoms with E-state index in [2.05, 4.69) is 9.97 Å². The maximum Gasteiger partial charge on any atom is 0.316 e. The minimum absolute atomic E-state index is 0.0300. The fourth-order valence-electron chi connectivity index (χ4n) is 2.31. The fraction of sp³-hybridized carbons (Fsp3) is 0.267. The normalized spacial score (nSPS) is 17.8. The van der Waals surface area contributed by atoms with Crippen LogP contribution in [0.5, 0.6) is 6.01 Å². The first-order chi connectivity index (χ1) is 10.2. The minimum atomic E-state index is -0.0736. The van der Waals surface area contributed by atoms with Crippen LogP contribution >= 0.6 is 11.6 Å². The molecule has 0 spiro atoms. The molecule has 1 fully saturated rings. The second-order valence-corrected chi connectivity index (χ2v) is 5.26. The van der Waals surface area contributed by atoms with Crippen molar-refractivity contribution in [2.75, 3.05) is 13.1 Å². The summed E-state index contributed by atoms with van der Waals surface area (Å²) >= 11 is 5.92. The first-order valence-corrected chi connectivity index (χ1v) is 7.09. The van der Waals surface area contributed by atoms with E-state index in [4.69, 9.17) is 16.3 Å². The van der Waals surface area contributed by atoms with Gasteiger partial charge in [0.05, 0.1) is 6.54 Å². The zero-order chi connectivity index (χ0) is 14.7. The number of aromatic nitrogens is 2. The van der Waals surface area contributed by atoms with Crippen LogP contribution in [0.3, 0.4) is 0 Å². The Kier molecular flexibility index (Phi) is 4.01. The average molecular weight is 304 g/mol. The van der Waals surface area contributed by atoms with Crippen molar-refractivity contribution in [3.8, 4) is 6.01 Å². The summed E-state index contributed by atoms with van der Waals surface area (Å²) in [6, 6.07) is 9.05. The molecule has 3 rings (SSSR count). The van der Waals surface area contributed by atoms with E-state index in [1.165, 1.54) is 0 Å². The Bertz CT molecular complexity index is 636. The van der Waals surface area contributed by atoms with Crippen molar-refractivity contribution in [1.82, 2.24) is 14.9 Å². The molecular formula is C15H14ClN3O2. The Morgan fingerprint density at radius 2 is 2.10 bits per heavy atom. The molecule has 1 unspecified atom stereocenters. The molecule has 1 atom stereocenters. The van der Waals surface area contributed by atoms with Gasteiger partial charge in [-0.05, 0) is 24.3 Å². The van der Waals surface area contributed by atoms with Gasteiger partial charge in [-0.1, -0.05) is 17.7 Å². The first-order valence-electron chi connectivity index (χ1n) is 6.71. The third-order valence-electron chi connectivity index (χ3n) is 3.32. The number of amides is 1. The van der Waals surface area contributed by atoms with Crippen molar-refractivity contribution in [2.24, 2.45) is 0 Å². The first kappa shape index (κ1) is 13.8. The second-order valence-electron chi connectivity index (χ2n) is 4.82. The molecule has 2 heterocycles. The number of nitrogens with zero attached hydrogens (tertiary/aromatic N) is 3. The number of ether oxygens (including phenoxy) is 1. The zero-order valence-electron chi connectivity index (χ0n) is 11.3. The van der Waals surface area contributed by atoms with Gasteiger partial charge in [0.25, 0.3) is 5.91 Å². The summed E-state index contributed by atoms with van der Waals surface area (Å²) < 4.78 is 5.67. The minimum Gasteiger partial charge on any atom is -0.458 e. The quantitative estimate of drug-likeness (QED) is 0.874. The van der Waals surface area contributed by atoms with Crippen molar-refractivity contribution in [1.29, 1.82) is 0 Å². The Balaban J connectivity index is 1.63. The molecule has 1 aliphatic heterocycles. The third kappa shape index (κ3) is 3.31. The molecular weight excluding hydrogens is 290 g/mol. The van der Waals surface area contributed by atoms with Crippen molar-refractivity contribution >= 4 is 17.5 Å². The summed E-state index contributed by atoms with van der Waals surface area (Å²) in [5.41, 5.74) is 0.596. The van der Waals surface area contributed by atoms with Crippen LogP contribution in [-0.2, 0) is 0 Å². The molecule has 1 aliphatic rings. The predicted octanol–water partition coefficient (Wildman–Crippen LogP) is 2.42. The van der Waals surface area contributed by atoms with Crippen LogP contribution in [0.1, 0.15) is 16.8 Å². The number of hydrogen-bond acceptors (Lipinski definition) is 4. The molecule has 21 heavy (non-hydrogen) atoms. The van der Waals surface area contributed by atoms with Gasteiger partial charge in [0, 0.05) is 35.9 Å². The standard InChI is InChI=1S/C15H14ClN3O2/c16-12-4-1-3-11(9-12)14(20)19-8-5-13(10-19)21-15-17-6-2-7-18-15/h1-4,6-7,9,13H,5,8,10H2. The fourth-order valence-corrected chi connectivity index (χ4v) is 2.50. The number of carbonyl (C=O) groups is 1. The van der Waals surface area contributed by atoms with Crippen molar-refractivity contribution < 1.29 is 9.53 Å². The lowest BCUT2D eigenvalue weighted by atomic mass is 10.2. The smallest absolute Gasteiger partial charge is 0.316 e. The van der Waals surface area contributed by atoms with E-state index in [-0.39, 0.29) is 12.0 Å². The van der Waals surface area contributed by atoms with Crippen LogP contribution < -0.4 is 4.74 Å². The topological polar surface area (TPSA) is 55.3 Å². The van der Waals surface area contributed by atoms with Gasteiger partial charge in [-0.25, -0.2) is 9.97 Å². The lowest BCUT2D eigenvalue weighted by Gasteiger charge is -2.16. The molecule has 1 saturated heterocycles. The molecule has 1 amide bonds. The number of likely N-dealkylation sites (tertiary alicyclic amines) is 1. The third-order valence-corrected chi connectivity index (χ3v) is 3.55. The summed E-state index contributed by atoms with van der Waals surface area (Å²) in [4.78, 5) is 22.2. The van der Waals surface area contributed by atoms with E-state index in [0.29, 0.717) is 29.7 Å². The highest BCUT2D eigenvalue weighted by atomic mass is 35.5. The molecule has 1 aromatic heterocycles. The number of benzene rings is 1. The molecule has 108 valence electrons. The number of carbonyl (C=O) groups excluding carboxylic acids is 1. The summed E-state index contributed by atoms with van der Waals surface area (Å²) in [7, 11) is 0. The molecule has 6 heteroatoms. The molecule has 0 aliphatic carbocycles. The highest BCUT2D eigenvalue weighted by molar-refractivity contribution is 6.30. The van der Waals surface area contributed by atoms with Gasteiger partial charge < -0.3 is 9.64 Å². The van der Waals surface area contributed by atoms with Crippen LogP contribution in [-0.4, -0.2) is 40.0 Å². The second kappa shape index (κ2) is 6.10. The van der Waals surface area contributed by atoms with E-state index < -0.39 is 0 Å². The van der Waals surface area contributed by atoms with Crippen molar-refractivity contribution in [3.63, 3.8) is 0 Å². The Morgan fingerprint density at radius 3 is 2.86 bits per heavy atom. The average Bonchev–Trinajstić information content (AvgIpc) is 2.96. The summed E-state index contributed by atoms with van der Waals surface area (Å²) in [6.07, 6.45) is 3.96. The van der Waals surface area contributed by atoms with E-state index in [0.717, 1.165) is 6.42 Å². The van der Waals surface area contributed by atoms with E-state index in [1.54, 1.807) is 47.6 Å². The molecule has 1 aromatic carbocycles. The zero-order valence-corrected chi connectivity index (χ0v) is 12.0. The van der Waals surface area contributed by atoms with Crippen molar-refractivity contribution in [3.05, 3.63) is 53.3 Å². The van der Waals surface area contributed by atoms with Gasteiger partial charge in [0.15, 0.2) is 0 Å². The van der Waals surface area contributed by atoms with Gasteiger partial charge in [-0.2, -0.15) is 0 Å². The predicted molar refractivity (Wildman–Crippen MR) is 78.4 cm³/mol. The largest absolute Gasteiger partial charge is 0.458 e. The summed E-state index contributed by atoms with van der Waals surface area (Å²) in [5.74, 6) is -0.0300. The summed E-state index contributed by atoms with van der Waals surface area (Å²) in [5, 5.41) is 0.561. The maximum atomic E-state index is 12.4. The molecule has 0 N–H and O–H groups in total. The van der Waals surface area contributed by atoms with Gasteiger partial charge >= 0.3 is 6.01 Å². The van der Waals surface area contributed by atoms with Gasteiger partial charge in [-0.15, -0.1) is 0 Å². The number of rotatable bonds is 3. The molecule has 0 saturated carbocycles. The Labute approximate surface area is 127 Å². The monoisotopic (exact) mass is 303 g/mol. The molecule has 5 nitrogen and oxygen atoms in total.